The van der Waals surface area contributed by atoms with Crippen LogP contribution in [-0.4, -0.2) is 43.6 Å². The summed E-state index contributed by atoms with van der Waals surface area (Å²) < 4.78 is 0.749. The first-order valence-corrected chi connectivity index (χ1v) is 12.6. The van der Waals surface area contributed by atoms with Gasteiger partial charge in [-0.2, -0.15) is 0 Å². The highest BCUT2D eigenvalue weighted by molar-refractivity contribution is 6.21. The molecule has 0 aromatic heterocycles. The van der Waals surface area contributed by atoms with Gasteiger partial charge >= 0.3 is 0 Å². The second-order valence-corrected chi connectivity index (χ2v) is 11.7. The Morgan fingerprint density at radius 2 is 1.17 bits per heavy atom. The summed E-state index contributed by atoms with van der Waals surface area (Å²) in [6.07, 6.45) is 12.5. The van der Waals surface area contributed by atoms with Gasteiger partial charge in [0, 0.05) is 6.42 Å². The van der Waals surface area contributed by atoms with Crippen LogP contribution in [0.3, 0.4) is 0 Å². The molecule has 4 atom stereocenters. The van der Waals surface area contributed by atoms with E-state index in [-0.39, 0.29) is 11.4 Å². The molecule has 0 aliphatic carbocycles. The van der Waals surface area contributed by atoms with E-state index < -0.39 is 0 Å². The number of halogens is 1. The van der Waals surface area contributed by atoms with Gasteiger partial charge in [0.15, 0.2) is 5.50 Å². The van der Waals surface area contributed by atoms with Crippen LogP contribution in [0.4, 0.5) is 0 Å². The van der Waals surface area contributed by atoms with Crippen molar-refractivity contribution in [2.24, 2.45) is 23.7 Å². The second kappa shape index (κ2) is 15.5. The van der Waals surface area contributed by atoms with E-state index in [2.05, 4.69) is 61.1 Å². The lowest BCUT2D eigenvalue weighted by Gasteiger charge is -2.27. The molecule has 0 rings (SSSR count). The van der Waals surface area contributed by atoms with Gasteiger partial charge in [-0.05, 0) is 23.7 Å². The Morgan fingerprint density at radius 1 is 0.759 bits per heavy atom. The molecule has 0 bridgehead atoms. The first-order chi connectivity index (χ1) is 13.4. The molecule has 4 unspecified atom stereocenters. The van der Waals surface area contributed by atoms with Gasteiger partial charge in [0.25, 0.3) is 0 Å². The van der Waals surface area contributed by atoms with Gasteiger partial charge in [-0.15, -0.1) is 0 Å². The average molecular weight is 432 g/mol. The monoisotopic (exact) mass is 431 g/mol. The van der Waals surface area contributed by atoms with Gasteiger partial charge in [-0.25, -0.2) is 0 Å². The molecular formula is C25H52ClN2O+. The molecule has 0 fully saturated rings. The van der Waals surface area contributed by atoms with Crippen molar-refractivity contribution in [3.8, 4) is 0 Å². The van der Waals surface area contributed by atoms with E-state index in [1.165, 1.54) is 51.4 Å². The zero-order valence-corrected chi connectivity index (χ0v) is 21.7. The van der Waals surface area contributed by atoms with Crippen LogP contribution in [0, 0.1) is 23.7 Å². The average Bonchev–Trinajstić information content (AvgIpc) is 2.52. The Morgan fingerprint density at radius 3 is 1.59 bits per heavy atom. The Balaban J connectivity index is 3.79. The van der Waals surface area contributed by atoms with Crippen LogP contribution in [0.1, 0.15) is 98.8 Å². The summed E-state index contributed by atoms with van der Waals surface area (Å²) in [7, 11) is 6.25. The highest BCUT2D eigenvalue weighted by atomic mass is 35.5. The van der Waals surface area contributed by atoms with Crippen molar-refractivity contribution in [2.75, 3.05) is 27.7 Å². The van der Waals surface area contributed by atoms with Gasteiger partial charge in [-0.3, -0.25) is 4.79 Å². The third-order valence-corrected chi connectivity index (χ3v) is 6.07. The molecule has 0 aromatic rings. The summed E-state index contributed by atoms with van der Waals surface area (Å²) in [5.41, 5.74) is -0.289. The van der Waals surface area contributed by atoms with E-state index in [0.717, 1.165) is 35.2 Å². The maximum Gasteiger partial charge on any atom is 0.221 e. The maximum atomic E-state index is 12.2. The SMILES string of the molecule is CC(C)CCCC(C)CCCC(C)CCCC(C)CC(=O)NC(Cl)C[N+](C)(C)C. The number of likely N-dealkylation sites (N-methyl/N-ethyl adjacent to an activating group) is 1. The number of nitrogens with zero attached hydrogens (tertiary/aromatic N) is 1. The van der Waals surface area contributed by atoms with E-state index in [1.54, 1.807) is 0 Å². The van der Waals surface area contributed by atoms with Crippen molar-refractivity contribution in [2.45, 2.75) is 104 Å². The van der Waals surface area contributed by atoms with Gasteiger partial charge in [-0.1, -0.05) is 104 Å². The van der Waals surface area contributed by atoms with Crippen molar-refractivity contribution >= 4 is 17.5 Å². The molecule has 4 heteroatoms. The predicted octanol–water partition coefficient (Wildman–Crippen LogP) is 6.84. The standard InChI is InChI=1S/C25H51ClN2O/c1-20(2)12-9-13-21(3)14-10-15-22(4)16-11-17-23(5)18-25(29)27-24(26)19-28(6,7)8/h20-24H,9-19H2,1-8H3/p+1. The molecule has 3 nitrogen and oxygen atoms in total. The van der Waals surface area contributed by atoms with Crippen molar-refractivity contribution in [1.29, 1.82) is 0 Å². The lowest BCUT2D eigenvalue weighted by molar-refractivity contribution is -0.870. The predicted molar refractivity (Wildman–Crippen MR) is 129 cm³/mol. The Kier molecular flexibility index (Phi) is 15.4. The minimum absolute atomic E-state index is 0.0884. The van der Waals surface area contributed by atoms with E-state index in [9.17, 15) is 4.79 Å². The number of quaternary nitrogens is 1. The molecule has 0 radical (unpaired) electrons. The molecule has 0 saturated heterocycles. The minimum Gasteiger partial charge on any atom is -0.335 e. The van der Waals surface area contributed by atoms with Crippen molar-refractivity contribution in [3.63, 3.8) is 0 Å². The van der Waals surface area contributed by atoms with Crippen LogP contribution in [-0.2, 0) is 4.79 Å². The topological polar surface area (TPSA) is 29.1 Å². The van der Waals surface area contributed by atoms with E-state index >= 15 is 0 Å². The summed E-state index contributed by atoms with van der Waals surface area (Å²) in [5, 5.41) is 2.94. The van der Waals surface area contributed by atoms with E-state index in [1.807, 2.05) is 0 Å². The molecule has 29 heavy (non-hydrogen) atoms. The summed E-state index contributed by atoms with van der Waals surface area (Å²) >= 11 is 6.25. The van der Waals surface area contributed by atoms with Crippen LogP contribution in [0.15, 0.2) is 0 Å². The molecule has 1 amide bonds. The van der Waals surface area contributed by atoms with Gasteiger partial charge in [0.2, 0.25) is 5.91 Å². The number of carbonyl (C=O) groups is 1. The van der Waals surface area contributed by atoms with Crippen LogP contribution in [0.2, 0.25) is 0 Å². The molecule has 0 spiro atoms. The quantitative estimate of drug-likeness (QED) is 0.152. The van der Waals surface area contributed by atoms with Gasteiger partial charge in [0.1, 0.15) is 6.54 Å². The van der Waals surface area contributed by atoms with Crippen molar-refractivity contribution in [3.05, 3.63) is 0 Å². The molecule has 0 aliphatic heterocycles. The largest absolute Gasteiger partial charge is 0.335 e. The lowest BCUT2D eigenvalue weighted by atomic mass is 9.90. The number of rotatable bonds is 17. The lowest BCUT2D eigenvalue weighted by Crippen LogP contribution is -2.46. The first kappa shape index (κ1) is 28.7. The number of amides is 1. The zero-order valence-electron chi connectivity index (χ0n) is 20.9. The number of carbonyl (C=O) groups excluding carboxylic acids is 1. The highest BCUT2D eigenvalue weighted by Gasteiger charge is 2.18. The Hall–Kier alpha value is -0.280. The Bertz CT molecular complexity index is 420. The summed E-state index contributed by atoms with van der Waals surface area (Å²) in [6.45, 7) is 12.4. The fourth-order valence-corrected chi connectivity index (χ4v) is 4.51. The first-order valence-electron chi connectivity index (χ1n) is 12.1. The zero-order chi connectivity index (χ0) is 22.4. The number of hydrogen-bond acceptors (Lipinski definition) is 1. The Labute approximate surface area is 187 Å². The van der Waals surface area contributed by atoms with Crippen LogP contribution in [0.25, 0.3) is 0 Å². The summed E-state index contributed by atoms with van der Waals surface area (Å²) in [6, 6.07) is 0. The normalized spacial score (nSPS) is 16.5. The van der Waals surface area contributed by atoms with Crippen LogP contribution < -0.4 is 5.32 Å². The molecule has 0 saturated carbocycles. The molecule has 0 heterocycles. The highest BCUT2D eigenvalue weighted by Crippen LogP contribution is 2.22. The molecular weight excluding hydrogens is 380 g/mol. The van der Waals surface area contributed by atoms with E-state index in [4.69, 9.17) is 11.6 Å². The van der Waals surface area contributed by atoms with Gasteiger partial charge < -0.3 is 9.80 Å². The summed E-state index contributed by atoms with van der Waals surface area (Å²) in [5.74, 6) is 3.04. The second-order valence-electron chi connectivity index (χ2n) is 11.2. The minimum atomic E-state index is -0.289. The van der Waals surface area contributed by atoms with Crippen LogP contribution >= 0.6 is 11.6 Å². The number of alkyl halides is 1. The number of nitrogens with one attached hydrogen (secondary N) is 1. The van der Waals surface area contributed by atoms with Crippen LogP contribution in [0.5, 0.6) is 0 Å². The fraction of sp³-hybridized carbons (Fsp3) is 0.960. The third-order valence-electron chi connectivity index (χ3n) is 5.83. The van der Waals surface area contributed by atoms with Crippen molar-refractivity contribution in [1.82, 2.24) is 5.32 Å². The fourth-order valence-electron chi connectivity index (χ4n) is 3.97. The molecule has 174 valence electrons. The van der Waals surface area contributed by atoms with Gasteiger partial charge in [0.05, 0.1) is 21.1 Å². The van der Waals surface area contributed by atoms with Crippen molar-refractivity contribution < 1.29 is 9.28 Å². The summed E-state index contributed by atoms with van der Waals surface area (Å²) in [4.78, 5) is 12.2. The molecule has 1 N–H and O–H groups in total. The molecule has 0 aromatic carbocycles. The number of hydrogen-bond donors (Lipinski definition) is 1. The molecule has 0 aliphatic rings. The maximum absolute atomic E-state index is 12.2. The smallest absolute Gasteiger partial charge is 0.221 e. The van der Waals surface area contributed by atoms with E-state index in [0.29, 0.717) is 12.3 Å². The third kappa shape index (κ3) is 19.4.